The molecule has 0 saturated carbocycles. The van der Waals surface area contributed by atoms with Crippen LogP contribution in [0.2, 0.25) is 0 Å². The molecule has 9 heavy (non-hydrogen) atoms. The van der Waals surface area contributed by atoms with E-state index >= 15 is 0 Å². The Labute approximate surface area is 69.6 Å². The number of rotatable bonds is 3. The second-order valence-electron chi connectivity index (χ2n) is 1.95. The molecule has 0 saturated heterocycles. The van der Waals surface area contributed by atoms with Crippen molar-refractivity contribution in [3.63, 3.8) is 0 Å². The quantitative estimate of drug-likeness (QED) is 0.455. The number of hydrogen-bond acceptors (Lipinski definition) is 1. The maximum atomic E-state index is 6.94. The fourth-order valence-corrected chi connectivity index (χ4v) is 0.801. The first-order chi connectivity index (χ1) is 4.22. The van der Waals surface area contributed by atoms with E-state index in [1.54, 1.807) is 0 Å². The van der Waals surface area contributed by atoms with Crippen LogP contribution >= 0.6 is 22.6 Å². The third kappa shape index (κ3) is 3.51. The lowest BCUT2D eigenvalue weighted by Gasteiger charge is -2.17. The highest BCUT2D eigenvalue weighted by Gasteiger charge is 1.96. The maximum absolute atomic E-state index is 6.94. The van der Waals surface area contributed by atoms with Gasteiger partial charge in [0.2, 0.25) is 0 Å². The van der Waals surface area contributed by atoms with Gasteiger partial charge in [0.1, 0.15) is 0 Å². The molecular formula is C6H11IN2. The van der Waals surface area contributed by atoms with E-state index in [9.17, 15) is 0 Å². The lowest BCUT2D eigenvalue weighted by molar-refractivity contribution is 0.470. The zero-order valence-electron chi connectivity index (χ0n) is 5.63. The van der Waals surface area contributed by atoms with Gasteiger partial charge in [0.05, 0.1) is 6.34 Å². The van der Waals surface area contributed by atoms with Crippen LogP contribution in [0.3, 0.4) is 0 Å². The Morgan fingerprint density at radius 2 is 2.11 bits per heavy atom. The molecule has 0 amide bonds. The highest BCUT2D eigenvalue weighted by atomic mass is 127. The fourth-order valence-electron chi connectivity index (χ4n) is 0.429. The van der Waals surface area contributed by atoms with Crippen LogP contribution in [0.1, 0.15) is 13.8 Å². The van der Waals surface area contributed by atoms with Crippen molar-refractivity contribution in [2.75, 3.05) is 0 Å². The molecule has 0 rings (SSSR count). The molecule has 0 aliphatic heterocycles. The van der Waals surface area contributed by atoms with Gasteiger partial charge in [-0.2, -0.15) is 0 Å². The summed E-state index contributed by atoms with van der Waals surface area (Å²) in [6.07, 6.45) is 3.19. The highest BCUT2D eigenvalue weighted by molar-refractivity contribution is 14.1. The molecule has 0 aliphatic carbocycles. The first-order valence-electron chi connectivity index (χ1n) is 2.77. The van der Waals surface area contributed by atoms with Gasteiger partial charge in [-0.05, 0) is 17.9 Å². The van der Waals surface area contributed by atoms with Crippen molar-refractivity contribution in [1.82, 2.24) is 4.90 Å². The molecule has 0 aromatic heterocycles. The normalized spacial score (nSPS) is 10.7. The molecular weight excluding hydrogens is 227 g/mol. The lowest BCUT2D eigenvalue weighted by atomic mass is 10.4. The van der Waals surface area contributed by atoms with Gasteiger partial charge in [-0.15, -0.1) is 0 Å². The largest absolute Gasteiger partial charge is 0.337 e. The zero-order valence-corrected chi connectivity index (χ0v) is 7.79. The molecule has 0 bridgehead atoms. The summed E-state index contributed by atoms with van der Waals surface area (Å²) in [6.45, 7) is 4.09. The molecule has 0 heterocycles. The number of nitrogens with one attached hydrogen (secondary N) is 1. The third-order valence-corrected chi connectivity index (χ3v) is 1.30. The van der Waals surface area contributed by atoms with Crippen LogP contribution in [0.15, 0.2) is 10.3 Å². The minimum Gasteiger partial charge on any atom is -0.337 e. The van der Waals surface area contributed by atoms with Crippen molar-refractivity contribution in [3.05, 3.63) is 10.3 Å². The van der Waals surface area contributed by atoms with Crippen molar-refractivity contribution >= 4 is 28.9 Å². The van der Waals surface area contributed by atoms with E-state index in [0.717, 1.165) is 0 Å². The molecule has 0 aliphatic rings. The van der Waals surface area contributed by atoms with Gasteiger partial charge < -0.3 is 4.90 Å². The van der Waals surface area contributed by atoms with E-state index in [4.69, 9.17) is 5.41 Å². The van der Waals surface area contributed by atoms with Gasteiger partial charge >= 0.3 is 0 Å². The number of halogens is 1. The number of nitrogens with zero attached hydrogens (tertiary/aromatic N) is 1. The molecule has 0 fully saturated rings. The summed E-state index contributed by atoms with van der Waals surface area (Å²) in [6, 6.07) is 0.383. The van der Waals surface area contributed by atoms with Gasteiger partial charge in [-0.1, -0.05) is 22.6 Å². The van der Waals surface area contributed by atoms with Gasteiger partial charge in [-0.25, -0.2) is 0 Å². The Balaban J connectivity index is 3.82. The smallest absolute Gasteiger partial charge is 0.0859 e. The Morgan fingerprint density at radius 3 is 2.22 bits per heavy atom. The summed E-state index contributed by atoms with van der Waals surface area (Å²) in [5.41, 5.74) is 0. The first-order valence-corrected chi connectivity index (χ1v) is 4.02. The zero-order chi connectivity index (χ0) is 7.28. The molecule has 0 spiro atoms. The lowest BCUT2D eigenvalue weighted by Crippen LogP contribution is -2.22. The van der Waals surface area contributed by atoms with E-state index < -0.39 is 0 Å². The van der Waals surface area contributed by atoms with Crippen molar-refractivity contribution in [2.24, 2.45) is 0 Å². The van der Waals surface area contributed by atoms with Gasteiger partial charge in [-0.3, -0.25) is 5.41 Å². The summed E-state index contributed by atoms with van der Waals surface area (Å²) in [7, 11) is 0. The van der Waals surface area contributed by atoms with E-state index in [2.05, 4.69) is 22.6 Å². The molecule has 3 heteroatoms. The summed E-state index contributed by atoms with van der Waals surface area (Å²) >= 11 is 2.13. The van der Waals surface area contributed by atoms with E-state index in [-0.39, 0.29) is 0 Å². The predicted octanol–water partition coefficient (Wildman–Crippen LogP) is 2.21. The Hall–Kier alpha value is -0.0600. The van der Waals surface area contributed by atoms with Crippen molar-refractivity contribution in [2.45, 2.75) is 19.9 Å². The van der Waals surface area contributed by atoms with Gasteiger partial charge in [0.15, 0.2) is 0 Å². The Bertz CT molecular complexity index is 110. The van der Waals surface area contributed by atoms with Crippen LogP contribution < -0.4 is 0 Å². The number of hydrogen-bond donors (Lipinski definition) is 1. The standard InChI is InChI=1S/C6H11IN2/c1-6(2)9(5-8)4-3-7/h3-6,8H,1-2H3/b4-3-,8-5?. The Morgan fingerprint density at radius 1 is 1.56 bits per heavy atom. The second kappa shape index (κ2) is 4.78. The van der Waals surface area contributed by atoms with Gasteiger partial charge in [0, 0.05) is 12.2 Å². The van der Waals surface area contributed by atoms with E-state index in [1.807, 2.05) is 29.0 Å². The van der Waals surface area contributed by atoms with Crippen molar-refractivity contribution in [1.29, 1.82) is 5.41 Å². The summed E-state index contributed by atoms with van der Waals surface area (Å²) in [4.78, 5) is 1.83. The Kier molecular flexibility index (Phi) is 4.75. The SMILES string of the molecule is CC(C)N(C=N)/C=C\I. The summed E-state index contributed by atoms with van der Waals surface area (Å²) in [5, 5.41) is 6.94. The fraction of sp³-hybridized carbons (Fsp3) is 0.500. The summed E-state index contributed by atoms with van der Waals surface area (Å²) < 4.78 is 1.89. The van der Waals surface area contributed by atoms with Crippen LogP contribution in [0, 0.1) is 5.41 Å². The molecule has 52 valence electrons. The first kappa shape index (κ1) is 8.94. The average Bonchev–Trinajstić information content (AvgIpc) is 1.82. The third-order valence-electron chi connectivity index (χ3n) is 0.974. The van der Waals surface area contributed by atoms with Gasteiger partial charge in [0.25, 0.3) is 0 Å². The monoisotopic (exact) mass is 238 g/mol. The second-order valence-corrected chi connectivity index (χ2v) is 2.66. The molecule has 0 atom stereocenters. The average molecular weight is 238 g/mol. The van der Waals surface area contributed by atoms with Crippen LogP contribution in [0.4, 0.5) is 0 Å². The van der Waals surface area contributed by atoms with Crippen LogP contribution in [0.5, 0.6) is 0 Å². The van der Waals surface area contributed by atoms with Crippen LogP contribution in [0.25, 0.3) is 0 Å². The topological polar surface area (TPSA) is 27.1 Å². The van der Waals surface area contributed by atoms with E-state index in [1.165, 1.54) is 6.34 Å². The van der Waals surface area contributed by atoms with Crippen LogP contribution in [-0.4, -0.2) is 17.3 Å². The molecule has 0 aromatic rings. The minimum absolute atomic E-state index is 0.383. The van der Waals surface area contributed by atoms with E-state index in [0.29, 0.717) is 6.04 Å². The highest BCUT2D eigenvalue weighted by Crippen LogP contribution is 1.96. The maximum Gasteiger partial charge on any atom is 0.0859 e. The predicted molar refractivity (Wildman–Crippen MR) is 48.9 cm³/mol. The van der Waals surface area contributed by atoms with Crippen LogP contribution in [-0.2, 0) is 0 Å². The molecule has 1 N–H and O–H groups in total. The molecule has 0 aromatic carbocycles. The summed E-state index contributed by atoms with van der Waals surface area (Å²) in [5.74, 6) is 0. The molecule has 2 nitrogen and oxygen atoms in total. The molecule has 0 radical (unpaired) electrons. The minimum atomic E-state index is 0.383. The van der Waals surface area contributed by atoms with Crippen molar-refractivity contribution < 1.29 is 0 Å². The van der Waals surface area contributed by atoms with Crippen molar-refractivity contribution in [3.8, 4) is 0 Å². The molecule has 0 unspecified atom stereocenters.